The third-order valence-electron chi connectivity index (χ3n) is 6.20. The molecule has 1 amide bonds. The highest BCUT2D eigenvalue weighted by atomic mass is 35.5. The second kappa shape index (κ2) is 9.31. The lowest BCUT2D eigenvalue weighted by Gasteiger charge is -2.21. The molecule has 5 rings (SSSR count). The molecule has 33 heavy (non-hydrogen) atoms. The van der Waals surface area contributed by atoms with Crippen molar-refractivity contribution in [2.45, 2.75) is 51.9 Å². The van der Waals surface area contributed by atoms with Crippen LogP contribution < -0.4 is 5.32 Å². The first kappa shape index (κ1) is 21.6. The predicted molar refractivity (Wildman–Crippen MR) is 128 cm³/mol. The third-order valence-corrected chi connectivity index (χ3v) is 6.44. The predicted octanol–water partition coefficient (Wildman–Crippen LogP) is 5.26. The van der Waals surface area contributed by atoms with Gasteiger partial charge in [0.05, 0.1) is 23.0 Å². The van der Waals surface area contributed by atoms with Crippen molar-refractivity contribution in [2.24, 2.45) is 5.92 Å². The summed E-state index contributed by atoms with van der Waals surface area (Å²) >= 11 is 6.16. The minimum absolute atomic E-state index is 0.00152. The van der Waals surface area contributed by atoms with Gasteiger partial charge in [0.25, 0.3) is 0 Å². The Balaban J connectivity index is 1.42. The van der Waals surface area contributed by atoms with Gasteiger partial charge in [0.15, 0.2) is 11.5 Å². The number of nitrogens with one attached hydrogen (secondary N) is 1. The molecule has 1 aromatic carbocycles. The SMILES string of the molecule is Cc1cc(NC(=O)CCC2CCCCC2)n(-c2ncnc3c2cnn3-c2cccc(Cl)c2)n1. The summed E-state index contributed by atoms with van der Waals surface area (Å²) in [6.07, 6.45) is 11.0. The van der Waals surface area contributed by atoms with Crippen molar-refractivity contribution in [3.05, 3.63) is 53.6 Å². The summed E-state index contributed by atoms with van der Waals surface area (Å²) in [7, 11) is 0. The third kappa shape index (κ3) is 4.61. The lowest BCUT2D eigenvalue weighted by molar-refractivity contribution is -0.116. The number of carbonyl (C=O) groups is 1. The Bertz CT molecular complexity index is 1290. The number of rotatable bonds is 6. The molecule has 0 saturated heterocycles. The van der Waals surface area contributed by atoms with Crippen LogP contribution in [0.2, 0.25) is 5.02 Å². The van der Waals surface area contributed by atoms with E-state index < -0.39 is 0 Å². The van der Waals surface area contributed by atoms with Gasteiger partial charge in [0, 0.05) is 17.5 Å². The Morgan fingerprint density at radius 1 is 1.15 bits per heavy atom. The molecular formula is C24H26ClN7O. The van der Waals surface area contributed by atoms with Crippen LogP contribution >= 0.6 is 11.6 Å². The van der Waals surface area contributed by atoms with Gasteiger partial charge in [-0.15, -0.1) is 0 Å². The average Bonchev–Trinajstić information content (AvgIpc) is 3.41. The van der Waals surface area contributed by atoms with Crippen molar-refractivity contribution in [2.75, 3.05) is 5.32 Å². The molecule has 8 nitrogen and oxygen atoms in total. The van der Waals surface area contributed by atoms with Gasteiger partial charge < -0.3 is 5.32 Å². The summed E-state index contributed by atoms with van der Waals surface area (Å²) in [4.78, 5) is 21.6. The molecule has 0 radical (unpaired) electrons. The average molecular weight is 464 g/mol. The molecule has 0 aliphatic heterocycles. The van der Waals surface area contributed by atoms with Crippen LogP contribution in [0.4, 0.5) is 5.82 Å². The molecule has 1 aliphatic carbocycles. The number of nitrogens with zero attached hydrogens (tertiary/aromatic N) is 6. The lowest BCUT2D eigenvalue weighted by Crippen LogP contribution is -2.17. The Labute approximate surface area is 197 Å². The zero-order chi connectivity index (χ0) is 22.8. The van der Waals surface area contributed by atoms with Crippen LogP contribution in [-0.2, 0) is 4.79 Å². The largest absolute Gasteiger partial charge is 0.311 e. The molecule has 0 bridgehead atoms. The first-order chi connectivity index (χ1) is 16.1. The van der Waals surface area contributed by atoms with Crippen LogP contribution in [0.25, 0.3) is 22.5 Å². The quantitative estimate of drug-likeness (QED) is 0.421. The number of fused-ring (bicyclic) bond motifs is 1. The van der Waals surface area contributed by atoms with E-state index in [0.717, 1.165) is 23.2 Å². The summed E-state index contributed by atoms with van der Waals surface area (Å²) in [5.41, 5.74) is 2.21. The summed E-state index contributed by atoms with van der Waals surface area (Å²) in [6.45, 7) is 1.89. The number of benzene rings is 1. The van der Waals surface area contributed by atoms with Gasteiger partial charge >= 0.3 is 0 Å². The van der Waals surface area contributed by atoms with Gasteiger partial charge in [-0.05, 0) is 37.5 Å². The lowest BCUT2D eigenvalue weighted by atomic mass is 9.86. The summed E-state index contributed by atoms with van der Waals surface area (Å²) in [6, 6.07) is 9.27. The van der Waals surface area contributed by atoms with Crippen LogP contribution in [-0.4, -0.2) is 35.4 Å². The second-order valence-electron chi connectivity index (χ2n) is 8.64. The Morgan fingerprint density at radius 3 is 2.82 bits per heavy atom. The normalized spacial score (nSPS) is 14.6. The molecule has 0 unspecified atom stereocenters. The summed E-state index contributed by atoms with van der Waals surface area (Å²) in [5, 5.41) is 13.5. The number of aromatic nitrogens is 6. The monoisotopic (exact) mass is 463 g/mol. The molecule has 170 valence electrons. The number of amides is 1. The van der Waals surface area contributed by atoms with Gasteiger partial charge in [0.2, 0.25) is 5.91 Å². The van der Waals surface area contributed by atoms with Crippen molar-refractivity contribution >= 4 is 34.4 Å². The number of halogens is 1. The van der Waals surface area contributed by atoms with E-state index >= 15 is 0 Å². The fraction of sp³-hybridized carbons (Fsp3) is 0.375. The van der Waals surface area contributed by atoms with Crippen LogP contribution in [0.5, 0.6) is 0 Å². The maximum Gasteiger partial charge on any atom is 0.225 e. The minimum atomic E-state index is 0.00152. The van der Waals surface area contributed by atoms with E-state index in [4.69, 9.17) is 11.6 Å². The molecule has 1 aliphatic rings. The number of hydrogen-bond acceptors (Lipinski definition) is 5. The molecule has 1 N–H and O–H groups in total. The van der Waals surface area contributed by atoms with Gasteiger partial charge in [-0.25, -0.2) is 14.6 Å². The Morgan fingerprint density at radius 2 is 2.00 bits per heavy atom. The van der Waals surface area contributed by atoms with E-state index in [1.54, 1.807) is 15.6 Å². The second-order valence-corrected chi connectivity index (χ2v) is 9.08. The van der Waals surface area contributed by atoms with Crippen LogP contribution in [0, 0.1) is 12.8 Å². The number of anilines is 1. The molecule has 9 heteroatoms. The van der Waals surface area contributed by atoms with E-state index in [2.05, 4.69) is 25.5 Å². The minimum Gasteiger partial charge on any atom is -0.311 e. The van der Waals surface area contributed by atoms with Gasteiger partial charge in [-0.3, -0.25) is 4.79 Å². The molecule has 3 heterocycles. The number of hydrogen-bond donors (Lipinski definition) is 1. The molecule has 1 fully saturated rings. The standard InChI is InChI=1S/C24H26ClN7O/c1-16-12-21(29-22(33)11-10-17-6-3-2-4-7-17)32(30-16)24-20-14-28-31(23(20)26-15-27-24)19-9-5-8-18(25)13-19/h5,8-9,12-15,17H,2-4,6-7,10-11H2,1H3,(H,29,33). The Hall–Kier alpha value is -3.26. The highest BCUT2D eigenvalue weighted by molar-refractivity contribution is 6.30. The van der Waals surface area contributed by atoms with Crippen LogP contribution in [0.3, 0.4) is 0 Å². The van der Waals surface area contributed by atoms with Crippen LogP contribution in [0.1, 0.15) is 50.6 Å². The van der Waals surface area contributed by atoms with Crippen molar-refractivity contribution in [3.63, 3.8) is 0 Å². The van der Waals surface area contributed by atoms with E-state index in [0.29, 0.717) is 34.6 Å². The zero-order valence-corrected chi connectivity index (χ0v) is 19.3. The van der Waals surface area contributed by atoms with E-state index in [-0.39, 0.29) is 5.91 Å². The van der Waals surface area contributed by atoms with Crippen molar-refractivity contribution < 1.29 is 4.79 Å². The summed E-state index contributed by atoms with van der Waals surface area (Å²) in [5.74, 6) is 1.82. The molecule has 4 aromatic rings. The topological polar surface area (TPSA) is 90.5 Å². The zero-order valence-electron chi connectivity index (χ0n) is 18.5. The maximum atomic E-state index is 12.7. The number of carbonyl (C=O) groups excluding carboxylic acids is 1. The van der Waals surface area contributed by atoms with Crippen molar-refractivity contribution in [3.8, 4) is 11.5 Å². The fourth-order valence-corrected chi connectivity index (χ4v) is 4.75. The van der Waals surface area contributed by atoms with Crippen molar-refractivity contribution in [1.82, 2.24) is 29.5 Å². The van der Waals surface area contributed by atoms with Crippen molar-refractivity contribution in [1.29, 1.82) is 0 Å². The summed E-state index contributed by atoms with van der Waals surface area (Å²) < 4.78 is 3.37. The van der Waals surface area contributed by atoms with E-state index in [1.807, 2.05) is 37.3 Å². The molecule has 1 saturated carbocycles. The highest BCUT2D eigenvalue weighted by Crippen LogP contribution is 2.28. The molecule has 0 spiro atoms. The smallest absolute Gasteiger partial charge is 0.225 e. The molecular weight excluding hydrogens is 438 g/mol. The number of aryl methyl sites for hydroxylation is 1. The van der Waals surface area contributed by atoms with Gasteiger partial charge in [-0.2, -0.15) is 14.9 Å². The molecule has 0 atom stereocenters. The first-order valence-corrected chi connectivity index (χ1v) is 11.8. The van der Waals surface area contributed by atoms with Crippen LogP contribution in [0.15, 0.2) is 42.9 Å². The fourth-order valence-electron chi connectivity index (χ4n) is 4.56. The highest BCUT2D eigenvalue weighted by Gasteiger charge is 2.19. The molecule has 3 aromatic heterocycles. The first-order valence-electron chi connectivity index (χ1n) is 11.4. The van der Waals surface area contributed by atoms with E-state index in [9.17, 15) is 4.79 Å². The maximum absolute atomic E-state index is 12.7. The van der Waals surface area contributed by atoms with Gasteiger partial charge in [-0.1, -0.05) is 49.8 Å². The Kier molecular flexibility index (Phi) is 6.09. The van der Waals surface area contributed by atoms with Gasteiger partial charge in [0.1, 0.15) is 12.1 Å². The van der Waals surface area contributed by atoms with E-state index in [1.165, 1.54) is 38.4 Å².